The van der Waals surface area contributed by atoms with E-state index in [2.05, 4.69) is 15.5 Å². The van der Waals surface area contributed by atoms with Gasteiger partial charge in [-0.15, -0.1) is 10.2 Å². The lowest BCUT2D eigenvalue weighted by Gasteiger charge is -2.11. The van der Waals surface area contributed by atoms with Gasteiger partial charge in [0.1, 0.15) is 0 Å². The maximum atomic E-state index is 11.8. The van der Waals surface area contributed by atoms with Crippen molar-refractivity contribution in [2.24, 2.45) is 0 Å². The van der Waals surface area contributed by atoms with E-state index in [0.717, 1.165) is 5.39 Å². The molecule has 19 heavy (non-hydrogen) atoms. The van der Waals surface area contributed by atoms with E-state index in [0.29, 0.717) is 17.7 Å². The van der Waals surface area contributed by atoms with E-state index >= 15 is 0 Å². The van der Waals surface area contributed by atoms with Crippen LogP contribution in [0.1, 0.15) is 17.4 Å². The van der Waals surface area contributed by atoms with Gasteiger partial charge in [0, 0.05) is 11.9 Å². The summed E-state index contributed by atoms with van der Waals surface area (Å²) >= 11 is 0. The Morgan fingerprint density at radius 1 is 1.37 bits per heavy atom. The highest BCUT2D eigenvalue weighted by Gasteiger charge is 2.18. The molecule has 1 aromatic carbocycles. The summed E-state index contributed by atoms with van der Waals surface area (Å²) in [5.74, 6) is -0.527. The molecule has 2 rings (SSSR count). The second-order valence-electron chi connectivity index (χ2n) is 3.81. The number of esters is 1. The molecule has 0 aliphatic heterocycles. The molecule has 2 N–H and O–H groups in total. The van der Waals surface area contributed by atoms with Gasteiger partial charge in [-0.1, -0.05) is 18.2 Å². The molecule has 0 saturated carbocycles. The van der Waals surface area contributed by atoms with Gasteiger partial charge in [-0.05, 0) is 13.0 Å². The molecule has 0 bridgehead atoms. The highest BCUT2D eigenvalue weighted by atomic mass is 16.5. The van der Waals surface area contributed by atoms with E-state index in [9.17, 15) is 4.79 Å². The molecule has 100 valence electrons. The summed E-state index contributed by atoms with van der Waals surface area (Å²) in [4.78, 5) is 11.8. The minimum absolute atomic E-state index is 0.0427. The molecule has 0 fully saturated rings. The maximum absolute atomic E-state index is 11.8. The van der Waals surface area contributed by atoms with E-state index in [4.69, 9.17) is 9.84 Å². The van der Waals surface area contributed by atoms with Gasteiger partial charge in [0.15, 0.2) is 5.69 Å². The molecule has 1 aromatic heterocycles. The molecule has 1 heterocycles. The molecule has 2 aromatic rings. The Bertz CT molecular complexity index is 586. The summed E-state index contributed by atoms with van der Waals surface area (Å²) in [6.07, 6.45) is 0. The van der Waals surface area contributed by atoms with Gasteiger partial charge >= 0.3 is 5.97 Å². The van der Waals surface area contributed by atoms with Crippen molar-refractivity contribution >= 4 is 22.6 Å². The molecule has 6 nitrogen and oxygen atoms in total. The number of nitrogens with zero attached hydrogens (tertiary/aromatic N) is 2. The van der Waals surface area contributed by atoms with Gasteiger partial charge < -0.3 is 15.2 Å². The first-order valence-corrected chi connectivity index (χ1v) is 6.05. The number of rotatable bonds is 5. The second-order valence-corrected chi connectivity index (χ2v) is 3.81. The minimum atomic E-state index is -0.527. The van der Waals surface area contributed by atoms with Crippen LogP contribution in [0.15, 0.2) is 24.3 Å². The molecule has 0 aliphatic rings. The number of hydrogen-bond acceptors (Lipinski definition) is 6. The monoisotopic (exact) mass is 261 g/mol. The van der Waals surface area contributed by atoms with E-state index in [1.807, 2.05) is 18.2 Å². The van der Waals surface area contributed by atoms with Gasteiger partial charge in [0.05, 0.1) is 24.4 Å². The zero-order valence-electron chi connectivity index (χ0n) is 10.6. The van der Waals surface area contributed by atoms with Crippen molar-refractivity contribution in [3.63, 3.8) is 0 Å². The molecule has 0 unspecified atom stereocenters. The van der Waals surface area contributed by atoms with Gasteiger partial charge in [0.25, 0.3) is 0 Å². The molecule has 0 aliphatic carbocycles. The molecule has 0 amide bonds. The van der Waals surface area contributed by atoms with Crippen LogP contribution in [0.25, 0.3) is 10.9 Å². The normalized spacial score (nSPS) is 10.4. The largest absolute Gasteiger partial charge is 0.461 e. The van der Waals surface area contributed by atoms with Crippen LogP contribution in [0.3, 0.4) is 0 Å². The Balaban J connectivity index is 2.52. The number of carbonyl (C=O) groups excluding carboxylic acids is 1. The quantitative estimate of drug-likeness (QED) is 0.787. The van der Waals surface area contributed by atoms with Crippen LogP contribution in [0, 0.1) is 0 Å². The van der Waals surface area contributed by atoms with Crippen LogP contribution < -0.4 is 5.32 Å². The van der Waals surface area contributed by atoms with Crippen LogP contribution in [-0.2, 0) is 4.74 Å². The van der Waals surface area contributed by atoms with Crippen LogP contribution in [0.5, 0.6) is 0 Å². The van der Waals surface area contributed by atoms with Crippen molar-refractivity contribution in [2.45, 2.75) is 6.92 Å². The van der Waals surface area contributed by atoms with E-state index in [1.54, 1.807) is 13.0 Å². The predicted molar refractivity (Wildman–Crippen MR) is 71.1 cm³/mol. The molecular formula is C13H15N3O3. The van der Waals surface area contributed by atoms with Crippen molar-refractivity contribution in [1.29, 1.82) is 0 Å². The Morgan fingerprint density at radius 3 is 2.89 bits per heavy atom. The summed E-state index contributed by atoms with van der Waals surface area (Å²) in [5, 5.41) is 20.6. The first kappa shape index (κ1) is 13.2. The SMILES string of the molecule is CCOC(=O)c1nnc2ccccc2c1NCCO. The fourth-order valence-corrected chi connectivity index (χ4v) is 1.76. The number of aromatic nitrogens is 2. The molecule has 0 saturated heterocycles. The average Bonchev–Trinajstić information content (AvgIpc) is 2.44. The molecule has 0 radical (unpaired) electrons. The predicted octanol–water partition coefficient (Wildman–Crippen LogP) is 1.21. The number of anilines is 1. The van der Waals surface area contributed by atoms with Gasteiger partial charge in [-0.25, -0.2) is 4.79 Å². The summed E-state index contributed by atoms with van der Waals surface area (Å²) < 4.78 is 4.95. The smallest absolute Gasteiger partial charge is 0.361 e. The third kappa shape index (κ3) is 2.79. The van der Waals surface area contributed by atoms with Crippen molar-refractivity contribution in [2.75, 3.05) is 25.1 Å². The highest BCUT2D eigenvalue weighted by Crippen LogP contribution is 2.24. The maximum Gasteiger partial charge on any atom is 0.361 e. The third-order valence-electron chi connectivity index (χ3n) is 2.55. The number of ether oxygens (including phenoxy) is 1. The lowest BCUT2D eigenvalue weighted by atomic mass is 10.1. The number of benzene rings is 1. The second kappa shape index (κ2) is 6.10. The molecule has 6 heteroatoms. The summed E-state index contributed by atoms with van der Waals surface area (Å²) in [5.41, 5.74) is 1.35. The molecule has 0 atom stereocenters. The number of aliphatic hydroxyl groups is 1. The van der Waals surface area contributed by atoms with Gasteiger partial charge in [-0.3, -0.25) is 0 Å². The van der Waals surface area contributed by atoms with Crippen LogP contribution in [-0.4, -0.2) is 41.0 Å². The number of fused-ring (bicyclic) bond motifs is 1. The van der Waals surface area contributed by atoms with Crippen molar-refractivity contribution in [1.82, 2.24) is 10.2 Å². The first-order valence-electron chi connectivity index (χ1n) is 6.05. The fourth-order valence-electron chi connectivity index (χ4n) is 1.76. The summed E-state index contributed by atoms with van der Waals surface area (Å²) in [6, 6.07) is 7.34. The van der Waals surface area contributed by atoms with Crippen LogP contribution in [0.4, 0.5) is 5.69 Å². The van der Waals surface area contributed by atoms with E-state index in [1.165, 1.54) is 0 Å². The summed E-state index contributed by atoms with van der Waals surface area (Å²) in [7, 11) is 0. The number of aliphatic hydroxyl groups excluding tert-OH is 1. The third-order valence-corrected chi connectivity index (χ3v) is 2.55. The zero-order chi connectivity index (χ0) is 13.7. The fraction of sp³-hybridized carbons (Fsp3) is 0.308. The minimum Gasteiger partial charge on any atom is -0.461 e. The average molecular weight is 261 g/mol. The molecular weight excluding hydrogens is 246 g/mol. The van der Waals surface area contributed by atoms with Crippen molar-refractivity contribution in [3.8, 4) is 0 Å². The van der Waals surface area contributed by atoms with Crippen molar-refractivity contribution in [3.05, 3.63) is 30.0 Å². The van der Waals surface area contributed by atoms with Crippen LogP contribution in [0.2, 0.25) is 0 Å². The summed E-state index contributed by atoms with van der Waals surface area (Å²) in [6.45, 7) is 2.28. The number of nitrogens with one attached hydrogen (secondary N) is 1. The lowest BCUT2D eigenvalue weighted by molar-refractivity contribution is 0.0519. The Hall–Kier alpha value is -2.21. The first-order chi connectivity index (χ1) is 9.27. The highest BCUT2D eigenvalue weighted by molar-refractivity contribution is 6.03. The van der Waals surface area contributed by atoms with Crippen molar-refractivity contribution < 1.29 is 14.6 Å². The Labute approximate surface area is 110 Å². The Morgan fingerprint density at radius 2 is 2.16 bits per heavy atom. The Kier molecular flexibility index (Phi) is 4.25. The topological polar surface area (TPSA) is 84.3 Å². The van der Waals surface area contributed by atoms with E-state index < -0.39 is 5.97 Å². The van der Waals surface area contributed by atoms with Gasteiger partial charge in [-0.2, -0.15) is 0 Å². The van der Waals surface area contributed by atoms with E-state index in [-0.39, 0.29) is 18.9 Å². The lowest BCUT2D eigenvalue weighted by Crippen LogP contribution is -2.15. The molecule has 0 spiro atoms. The standard InChI is InChI=1S/C13H15N3O3/c1-2-19-13(18)12-11(14-7-8-17)9-5-3-4-6-10(9)15-16-12/h3-6,17H,2,7-8H2,1H3,(H,14,15). The number of carbonyl (C=O) groups is 1. The number of hydrogen-bond donors (Lipinski definition) is 2. The van der Waals surface area contributed by atoms with Gasteiger partial charge in [0.2, 0.25) is 0 Å². The zero-order valence-corrected chi connectivity index (χ0v) is 10.6. The van der Waals surface area contributed by atoms with Crippen LogP contribution >= 0.6 is 0 Å².